The van der Waals surface area contributed by atoms with Crippen molar-refractivity contribution in [3.05, 3.63) is 95.6 Å². The molecule has 0 aliphatic rings. The zero-order valence-electron chi connectivity index (χ0n) is 22.4. The van der Waals surface area contributed by atoms with Crippen molar-refractivity contribution in [2.45, 2.75) is 51.0 Å². The molecule has 0 bridgehead atoms. The number of alkyl halides is 6. The van der Waals surface area contributed by atoms with Gasteiger partial charge >= 0.3 is 24.7 Å². The van der Waals surface area contributed by atoms with Crippen molar-refractivity contribution in [3.8, 4) is 11.5 Å². The average molecular weight is 599 g/mol. The van der Waals surface area contributed by atoms with E-state index in [4.69, 9.17) is 0 Å². The highest BCUT2D eigenvalue weighted by molar-refractivity contribution is 5.83. The lowest BCUT2D eigenvalue weighted by Crippen LogP contribution is -2.55. The van der Waals surface area contributed by atoms with Crippen LogP contribution in [-0.2, 0) is 16.8 Å². The molecule has 0 spiro atoms. The summed E-state index contributed by atoms with van der Waals surface area (Å²) in [4.78, 5) is 25.2. The molecule has 0 heterocycles. The SMILES string of the molecule is CC(C)CC(NC(=O)NC(Cc1ccccc1)(c1cccc(OC(F)(F)F)c1)c1cccc(OC(F)(F)F)c1)C(=O)O. The quantitative estimate of drug-likeness (QED) is 0.212. The molecule has 2 amide bonds. The highest BCUT2D eigenvalue weighted by Crippen LogP contribution is 2.38. The van der Waals surface area contributed by atoms with Gasteiger partial charge in [0, 0.05) is 6.42 Å². The molecule has 0 aliphatic heterocycles. The van der Waals surface area contributed by atoms with Crippen LogP contribution in [0.5, 0.6) is 11.5 Å². The summed E-state index contributed by atoms with van der Waals surface area (Å²) >= 11 is 0. The number of aliphatic carboxylic acids is 1. The fourth-order valence-electron chi connectivity index (χ4n) is 4.46. The van der Waals surface area contributed by atoms with Gasteiger partial charge in [0.05, 0.1) is 5.54 Å². The lowest BCUT2D eigenvalue weighted by Gasteiger charge is -2.37. The van der Waals surface area contributed by atoms with Crippen LogP contribution in [0, 0.1) is 5.92 Å². The van der Waals surface area contributed by atoms with E-state index in [1.165, 1.54) is 24.3 Å². The minimum atomic E-state index is -5.06. The number of halogens is 6. The van der Waals surface area contributed by atoms with Crippen LogP contribution in [0.3, 0.4) is 0 Å². The summed E-state index contributed by atoms with van der Waals surface area (Å²) in [7, 11) is 0. The van der Waals surface area contributed by atoms with Crippen LogP contribution < -0.4 is 20.1 Å². The molecule has 1 atom stereocenters. The van der Waals surface area contributed by atoms with E-state index in [0.29, 0.717) is 5.56 Å². The Bertz CT molecular complexity index is 1300. The molecule has 13 heteroatoms. The van der Waals surface area contributed by atoms with Gasteiger partial charge in [0.1, 0.15) is 17.5 Å². The zero-order chi connectivity index (χ0) is 31.1. The molecule has 1 unspecified atom stereocenters. The van der Waals surface area contributed by atoms with Crippen LogP contribution in [0.15, 0.2) is 78.9 Å². The zero-order valence-corrected chi connectivity index (χ0v) is 22.4. The van der Waals surface area contributed by atoms with E-state index in [0.717, 1.165) is 24.3 Å². The molecule has 0 saturated carbocycles. The minimum Gasteiger partial charge on any atom is -0.480 e. The van der Waals surface area contributed by atoms with E-state index in [-0.39, 0.29) is 29.9 Å². The smallest absolute Gasteiger partial charge is 0.480 e. The highest BCUT2D eigenvalue weighted by Gasteiger charge is 2.40. The number of carboxylic acid groups (broad SMARTS) is 1. The monoisotopic (exact) mass is 598 g/mol. The molecule has 3 aromatic rings. The normalized spacial score (nSPS) is 12.9. The standard InChI is InChI=1S/C29H28F6N2O5/c1-18(2)14-24(25(38)39)36-26(40)37-27(17-19-8-4-3-5-9-19,20-10-6-12-22(15-20)41-28(30,31)32)21-11-7-13-23(16-21)42-29(33,34)35/h3-13,15-16,18,24H,14,17H2,1-2H3,(H,38,39)(H2,36,37,40). The molecule has 0 aliphatic carbocycles. The molecule has 226 valence electrons. The fraction of sp³-hybridized carbons (Fsp3) is 0.310. The van der Waals surface area contributed by atoms with Crippen molar-refractivity contribution in [2.75, 3.05) is 0 Å². The Morgan fingerprint density at radius 1 is 0.786 bits per heavy atom. The summed E-state index contributed by atoms with van der Waals surface area (Å²) in [6.07, 6.45) is -10.2. The number of ether oxygens (including phenoxy) is 2. The van der Waals surface area contributed by atoms with Gasteiger partial charge in [-0.2, -0.15) is 0 Å². The lowest BCUT2D eigenvalue weighted by atomic mass is 9.77. The second kappa shape index (κ2) is 13.0. The number of hydrogen-bond acceptors (Lipinski definition) is 4. The van der Waals surface area contributed by atoms with Crippen molar-refractivity contribution in [1.29, 1.82) is 0 Å². The Morgan fingerprint density at radius 3 is 1.71 bits per heavy atom. The molecule has 0 fully saturated rings. The first-order valence-electron chi connectivity index (χ1n) is 12.6. The van der Waals surface area contributed by atoms with E-state index in [1.54, 1.807) is 44.2 Å². The van der Waals surface area contributed by atoms with Crippen molar-refractivity contribution in [3.63, 3.8) is 0 Å². The van der Waals surface area contributed by atoms with Crippen LogP contribution in [0.2, 0.25) is 0 Å². The predicted molar refractivity (Wildman–Crippen MR) is 140 cm³/mol. The van der Waals surface area contributed by atoms with Gasteiger partial charge in [-0.3, -0.25) is 0 Å². The molecule has 7 nitrogen and oxygen atoms in total. The maximum absolute atomic E-state index is 13.4. The van der Waals surface area contributed by atoms with Crippen molar-refractivity contribution in [1.82, 2.24) is 10.6 Å². The summed E-state index contributed by atoms with van der Waals surface area (Å²) in [6.45, 7) is 3.49. The van der Waals surface area contributed by atoms with E-state index in [2.05, 4.69) is 20.1 Å². The van der Waals surface area contributed by atoms with Crippen molar-refractivity contribution < 1.29 is 50.5 Å². The number of hydrogen-bond donors (Lipinski definition) is 3. The van der Waals surface area contributed by atoms with Gasteiger partial charge in [-0.15, -0.1) is 26.3 Å². The summed E-state index contributed by atoms with van der Waals surface area (Å²) in [5.41, 5.74) is -1.30. The van der Waals surface area contributed by atoms with Gasteiger partial charge in [0.15, 0.2) is 0 Å². The van der Waals surface area contributed by atoms with Crippen LogP contribution in [0.1, 0.15) is 37.0 Å². The number of nitrogens with one attached hydrogen (secondary N) is 2. The number of amides is 2. The first-order valence-corrected chi connectivity index (χ1v) is 12.6. The maximum atomic E-state index is 13.4. The molecule has 42 heavy (non-hydrogen) atoms. The van der Waals surface area contributed by atoms with Crippen molar-refractivity contribution >= 4 is 12.0 Å². The van der Waals surface area contributed by atoms with Gasteiger partial charge in [-0.25, -0.2) is 9.59 Å². The number of benzene rings is 3. The number of carbonyl (C=O) groups is 2. The Kier molecular flexibility index (Phi) is 9.97. The highest BCUT2D eigenvalue weighted by atomic mass is 19.4. The Balaban J connectivity index is 2.23. The van der Waals surface area contributed by atoms with Gasteiger partial charge in [0.2, 0.25) is 0 Å². The summed E-state index contributed by atoms with van der Waals surface area (Å²) < 4.78 is 86.8. The van der Waals surface area contributed by atoms with Gasteiger partial charge in [-0.1, -0.05) is 68.4 Å². The first kappa shape index (κ1) is 32.1. The molecule has 3 rings (SSSR count). The Morgan fingerprint density at radius 2 is 1.29 bits per heavy atom. The molecule has 0 aromatic heterocycles. The Hall–Kier alpha value is -4.42. The maximum Gasteiger partial charge on any atom is 0.573 e. The van der Waals surface area contributed by atoms with Crippen LogP contribution in [0.25, 0.3) is 0 Å². The number of urea groups is 1. The third-order valence-corrected chi connectivity index (χ3v) is 6.07. The third kappa shape index (κ3) is 9.32. The number of carbonyl (C=O) groups excluding carboxylic acids is 1. The Labute approximate surface area is 237 Å². The molecule has 0 saturated heterocycles. The fourth-order valence-corrected chi connectivity index (χ4v) is 4.46. The second-order valence-corrected chi connectivity index (χ2v) is 9.84. The van der Waals surface area contributed by atoms with E-state index in [1.807, 2.05) is 0 Å². The third-order valence-electron chi connectivity index (χ3n) is 6.07. The minimum absolute atomic E-state index is 0.00291. The molecule has 3 aromatic carbocycles. The lowest BCUT2D eigenvalue weighted by molar-refractivity contribution is -0.275. The van der Waals surface area contributed by atoms with E-state index in [9.17, 15) is 41.0 Å². The van der Waals surface area contributed by atoms with Crippen LogP contribution in [0.4, 0.5) is 31.1 Å². The van der Waals surface area contributed by atoms with Crippen LogP contribution >= 0.6 is 0 Å². The molecular weight excluding hydrogens is 570 g/mol. The van der Waals surface area contributed by atoms with Crippen LogP contribution in [-0.4, -0.2) is 35.9 Å². The summed E-state index contributed by atoms with van der Waals surface area (Å²) in [6, 6.07) is 15.2. The van der Waals surface area contributed by atoms with E-state index < -0.39 is 47.8 Å². The average Bonchev–Trinajstić information content (AvgIpc) is 2.86. The molecular formula is C29H28F6N2O5. The summed E-state index contributed by atoms with van der Waals surface area (Å²) in [5, 5.41) is 14.7. The van der Waals surface area contributed by atoms with Crippen molar-refractivity contribution in [2.24, 2.45) is 5.92 Å². The topological polar surface area (TPSA) is 96.9 Å². The first-order chi connectivity index (χ1) is 19.6. The second-order valence-electron chi connectivity index (χ2n) is 9.84. The molecule has 3 N–H and O–H groups in total. The van der Waals surface area contributed by atoms with Gasteiger partial charge in [-0.05, 0) is 53.3 Å². The molecule has 0 radical (unpaired) electrons. The van der Waals surface area contributed by atoms with Gasteiger partial charge in [0.25, 0.3) is 0 Å². The largest absolute Gasteiger partial charge is 0.573 e. The summed E-state index contributed by atoms with van der Waals surface area (Å²) in [5.74, 6) is -2.75. The van der Waals surface area contributed by atoms with Gasteiger partial charge < -0.3 is 25.2 Å². The number of carboxylic acids is 1. The predicted octanol–water partition coefficient (Wildman–Crippen LogP) is 6.77. The van der Waals surface area contributed by atoms with E-state index >= 15 is 0 Å². The number of rotatable bonds is 11.